The van der Waals surface area contributed by atoms with Crippen LogP contribution in [0.2, 0.25) is 5.02 Å². The molecule has 4 rings (SSSR count). The molecule has 26 heavy (non-hydrogen) atoms. The van der Waals surface area contributed by atoms with Crippen molar-refractivity contribution in [3.63, 3.8) is 0 Å². The molecule has 0 N–H and O–H groups in total. The number of hydrogen-bond donors (Lipinski definition) is 0. The van der Waals surface area contributed by atoms with Gasteiger partial charge in [0.15, 0.2) is 5.76 Å². The molecule has 2 heterocycles. The first-order chi connectivity index (χ1) is 12.6. The third-order valence-corrected chi connectivity index (χ3v) is 4.51. The van der Waals surface area contributed by atoms with Crippen LogP contribution in [0, 0.1) is 6.92 Å². The van der Waals surface area contributed by atoms with Crippen molar-refractivity contribution in [2.75, 3.05) is 0 Å². The first kappa shape index (κ1) is 16.5. The molecule has 0 aliphatic rings. The van der Waals surface area contributed by atoms with Crippen molar-refractivity contribution < 1.29 is 13.6 Å². The zero-order chi connectivity index (χ0) is 18.1. The molecule has 0 aliphatic carbocycles. The average Bonchev–Trinajstić information content (AvgIpc) is 3.18. The predicted octanol–water partition coefficient (Wildman–Crippen LogP) is 5.59. The van der Waals surface area contributed by atoms with Crippen LogP contribution in [0.5, 0.6) is 5.75 Å². The SMILES string of the molecule is Cc1cc2oc(-c3ccco3)c(OCc3ccccc3)c(=O)c2cc1Cl. The Balaban J connectivity index is 1.88. The zero-order valence-corrected chi connectivity index (χ0v) is 14.7. The molecule has 5 heteroatoms. The molecule has 0 bridgehead atoms. The molecule has 130 valence electrons. The van der Waals surface area contributed by atoms with Gasteiger partial charge in [-0.15, -0.1) is 0 Å². The van der Waals surface area contributed by atoms with Gasteiger partial charge in [0.1, 0.15) is 12.2 Å². The third kappa shape index (κ3) is 3.00. The van der Waals surface area contributed by atoms with Crippen molar-refractivity contribution in [3.8, 4) is 17.3 Å². The molecule has 0 atom stereocenters. The van der Waals surface area contributed by atoms with E-state index in [2.05, 4.69) is 0 Å². The third-order valence-electron chi connectivity index (χ3n) is 4.10. The van der Waals surface area contributed by atoms with E-state index in [1.54, 1.807) is 24.3 Å². The van der Waals surface area contributed by atoms with E-state index in [1.165, 1.54) is 6.26 Å². The van der Waals surface area contributed by atoms with Crippen molar-refractivity contribution in [2.24, 2.45) is 0 Å². The van der Waals surface area contributed by atoms with Crippen molar-refractivity contribution in [1.29, 1.82) is 0 Å². The second-order valence-corrected chi connectivity index (χ2v) is 6.35. The van der Waals surface area contributed by atoms with Crippen LogP contribution in [0.3, 0.4) is 0 Å². The van der Waals surface area contributed by atoms with E-state index in [-0.39, 0.29) is 23.5 Å². The summed E-state index contributed by atoms with van der Waals surface area (Å²) < 4.78 is 17.2. The smallest absolute Gasteiger partial charge is 0.235 e. The second kappa shape index (κ2) is 6.73. The summed E-state index contributed by atoms with van der Waals surface area (Å²) in [4.78, 5) is 13.0. The highest BCUT2D eigenvalue weighted by Crippen LogP contribution is 2.33. The Labute approximate surface area is 154 Å². The molecule has 0 aliphatic heterocycles. The number of furan rings is 1. The maximum Gasteiger partial charge on any atom is 0.235 e. The molecule has 4 nitrogen and oxygen atoms in total. The van der Waals surface area contributed by atoms with Gasteiger partial charge >= 0.3 is 0 Å². The fraction of sp³-hybridized carbons (Fsp3) is 0.0952. The largest absolute Gasteiger partial charge is 0.481 e. The van der Waals surface area contributed by atoms with Gasteiger partial charge in [0.2, 0.25) is 16.9 Å². The Kier molecular flexibility index (Phi) is 4.27. The summed E-state index contributed by atoms with van der Waals surface area (Å²) in [5.74, 6) is 0.807. The first-order valence-electron chi connectivity index (χ1n) is 8.11. The van der Waals surface area contributed by atoms with Crippen LogP contribution in [0.1, 0.15) is 11.1 Å². The van der Waals surface area contributed by atoms with Gasteiger partial charge in [0, 0.05) is 5.02 Å². The van der Waals surface area contributed by atoms with E-state index in [0.29, 0.717) is 21.8 Å². The maximum absolute atomic E-state index is 13.0. The second-order valence-electron chi connectivity index (χ2n) is 5.94. The van der Waals surface area contributed by atoms with E-state index < -0.39 is 0 Å². The lowest BCUT2D eigenvalue weighted by Gasteiger charge is -2.11. The Hall–Kier alpha value is -2.98. The van der Waals surface area contributed by atoms with Crippen LogP contribution in [-0.2, 0) is 6.61 Å². The first-order valence-corrected chi connectivity index (χ1v) is 8.49. The molecular formula is C21H15ClO4. The van der Waals surface area contributed by atoms with Crippen LogP contribution in [0.25, 0.3) is 22.5 Å². The van der Waals surface area contributed by atoms with Gasteiger partial charge in [-0.2, -0.15) is 0 Å². The molecule has 0 spiro atoms. The van der Waals surface area contributed by atoms with Gasteiger partial charge < -0.3 is 13.6 Å². The number of benzene rings is 2. The van der Waals surface area contributed by atoms with Crippen LogP contribution >= 0.6 is 11.6 Å². The summed E-state index contributed by atoms with van der Waals surface area (Å²) in [5, 5.41) is 0.878. The molecular weight excluding hydrogens is 352 g/mol. The van der Waals surface area contributed by atoms with Gasteiger partial charge in [-0.25, -0.2) is 0 Å². The number of ether oxygens (including phenoxy) is 1. The minimum Gasteiger partial charge on any atom is -0.481 e. The van der Waals surface area contributed by atoms with Gasteiger partial charge in [0.05, 0.1) is 11.6 Å². The number of aryl methyl sites for hydroxylation is 1. The van der Waals surface area contributed by atoms with Crippen molar-refractivity contribution in [2.45, 2.75) is 13.5 Å². The minimum atomic E-state index is -0.282. The Bertz CT molecular complexity index is 1110. The van der Waals surface area contributed by atoms with E-state index in [0.717, 1.165) is 11.1 Å². The average molecular weight is 367 g/mol. The van der Waals surface area contributed by atoms with Gasteiger partial charge in [0.25, 0.3) is 0 Å². The van der Waals surface area contributed by atoms with E-state index >= 15 is 0 Å². The minimum absolute atomic E-state index is 0.108. The highest BCUT2D eigenvalue weighted by Gasteiger charge is 2.20. The van der Waals surface area contributed by atoms with Crippen LogP contribution < -0.4 is 10.2 Å². The molecule has 0 fully saturated rings. The highest BCUT2D eigenvalue weighted by atomic mass is 35.5. The quantitative estimate of drug-likeness (QED) is 0.472. The van der Waals surface area contributed by atoms with Gasteiger partial charge in [-0.3, -0.25) is 4.79 Å². The Morgan fingerprint density at radius 3 is 2.62 bits per heavy atom. The lowest BCUT2D eigenvalue weighted by molar-refractivity contribution is 0.296. The van der Waals surface area contributed by atoms with Crippen LogP contribution in [0.4, 0.5) is 0 Å². The van der Waals surface area contributed by atoms with Crippen LogP contribution in [-0.4, -0.2) is 0 Å². The van der Waals surface area contributed by atoms with E-state index in [1.807, 2.05) is 37.3 Å². The molecule has 0 saturated carbocycles. The van der Waals surface area contributed by atoms with Crippen molar-refractivity contribution >= 4 is 22.6 Å². The standard InChI is InChI=1S/C21H15ClO4/c1-13-10-18-15(11-16(13)22)19(23)21(20(26-18)17-8-5-9-24-17)25-12-14-6-3-2-4-7-14/h2-11H,12H2,1H3. The molecule has 0 saturated heterocycles. The summed E-state index contributed by atoms with van der Waals surface area (Å²) in [7, 11) is 0. The molecule has 2 aromatic carbocycles. The predicted molar refractivity (Wildman–Crippen MR) is 101 cm³/mol. The maximum atomic E-state index is 13.0. The topological polar surface area (TPSA) is 52.6 Å². The monoisotopic (exact) mass is 366 g/mol. The Morgan fingerprint density at radius 1 is 1.08 bits per heavy atom. The lowest BCUT2D eigenvalue weighted by Crippen LogP contribution is -2.10. The molecule has 0 amide bonds. The molecule has 2 aromatic heterocycles. The van der Waals surface area contributed by atoms with Gasteiger partial charge in [-0.05, 0) is 42.3 Å². The number of halogens is 1. The summed E-state index contributed by atoms with van der Waals surface area (Å²) >= 11 is 6.18. The fourth-order valence-corrected chi connectivity index (χ4v) is 2.89. The van der Waals surface area contributed by atoms with E-state index in [9.17, 15) is 4.79 Å². The zero-order valence-electron chi connectivity index (χ0n) is 14.0. The molecule has 0 radical (unpaired) electrons. The highest BCUT2D eigenvalue weighted by molar-refractivity contribution is 6.32. The van der Waals surface area contributed by atoms with Crippen molar-refractivity contribution in [1.82, 2.24) is 0 Å². The number of fused-ring (bicyclic) bond motifs is 1. The van der Waals surface area contributed by atoms with Crippen molar-refractivity contribution in [3.05, 3.63) is 87.2 Å². The number of hydrogen-bond acceptors (Lipinski definition) is 4. The Morgan fingerprint density at radius 2 is 1.88 bits per heavy atom. The fourth-order valence-electron chi connectivity index (χ4n) is 2.73. The summed E-state index contributed by atoms with van der Waals surface area (Å²) in [6.45, 7) is 2.10. The van der Waals surface area contributed by atoms with Crippen LogP contribution in [0.15, 0.2) is 74.5 Å². The lowest BCUT2D eigenvalue weighted by atomic mass is 10.1. The normalized spacial score (nSPS) is 11.0. The summed E-state index contributed by atoms with van der Waals surface area (Å²) in [6, 6.07) is 16.4. The summed E-state index contributed by atoms with van der Waals surface area (Å²) in [6.07, 6.45) is 1.52. The molecule has 4 aromatic rings. The summed E-state index contributed by atoms with van der Waals surface area (Å²) in [5.41, 5.74) is 1.93. The molecule has 0 unspecified atom stereocenters. The number of rotatable bonds is 4. The van der Waals surface area contributed by atoms with Gasteiger partial charge in [-0.1, -0.05) is 41.9 Å². The van der Waals surface area contributed by atoms with E-state index in [4.69, 9.17) is 25.2 Å².